The van der Waals surface area contributed by atoms with Crippen molar-refractivity contribution in [3.8, 4) is 6.07 Å². The first-order valence-corrected chi connectivity index (χ1v) is 6.21. The minimum absolute atomic E-state index is 0.0331. The van der Waals surface area contributed by atoms with Gasteiger partial charge in [-0.3, -0.25) is 4.79 Å². The van der Waals surface area contributed by atoms with Gasteiger partial charge in [-0.2, -0.15) is 5.26 Å². The van der Waals surface area contributed by atoms with Gasteiger partial charge in [0.2, 0.25) is 0 Å². The summed E-state index contributed by atoms with van der Waals surface area (Å²) in [6.07, 6.45) is 1.40. The molecule has 0 aliphatic heterocycles. The molecule has 100 valence electrons. The minimum atomic E-state index is -0.496. The van der Waals surface area contributed by atoms with E-state index in [-0.39, 0.29) is 5.57 Å². The molecule has 2 aromatic rings. The molecule has 0 atom stereocenters. The van der Waals surface area contributed by atoms with E-state index in [1.165, 1.54) is 6.08 Å². The minimum Gasteiger partial charge on any atom is -0.462 e. The summed E-state index contributed by atoms with van der Waals surface area (Å²) in [5, 5.41) is 12.2. The number of hydrogen-bond acceptors (Lipinski definition) is 3. The quantitative estimate of drug-likeness (QED) is 0.689. The highest BCUT2D eigenvalue weighted by Crippen LogP contribution is 2.15. The van der Waals surface area contributed by atoms with Gasteiger partial charge in [0.1, 0.15) is 23.2 Å². The number of rotatable bonds is 3. The standard InChI is InChI=1S/C15H11ClN2O2/c1-10-2-7-14(20-10)8-11(9-17)15(19)18-13-5-3-12(16)4-6-13/h2-8H,1H3,(H,18,19)/b11-8-. The van der Waals surface area contributed by atoms with Gasteiger partial charge in [0, 0.05) is 16.8 Å². The van der Waals surface area contributed by atoms with E-state index in [2.05, 4.69) is 5.32 Å². The number of carbonyl (C=O) groups is 1. The molecule has 0 saturated carbocycles. The van der Waals surface area contributed by atoms with Crippen LogP contribution in [0.15, 0.2) is 46.4 Å². The zero-order valence-electron chi connectivity index (χ0n) is 10.7. The number of nitrogens with one attached hydrogen (secondary N) is 1. The Balaban J connectivity index is 2.16. The number of halogens is 1. The molecule has 0 aliphatic rings. The average Bonchev–Trinajstić information content (AvgIpc) is 2.84. The highest BCUT2D eigenvalue weighted by molar-refractivity contribution is 6.30. The third-order valence-corrected chi connectivity index (χ3v) is 2.77. The number of furan rings is 1. The number of nitriles is 1. The number of hydrogen-bond donors (Lipinski definition) is 1. The van der Waals surface area contributed by atoms with E-state index in [0.717, 1.165) is 0 Å². The van der Waals surface area contributed by atoms with E-state index >= 15 is 0 Å². The largest absolute Gasteiger partial charge is 0.462 e. The van der Waals surface area contributed by atoms with Crippen LogP contribution in [-0.2, 0) is 4.79 Å². The molecule has 1 aromatic carbocycles. The maximum absolute atomic E-state index is 12.0. The Morgan fingerprint density at radius 3 is 2.55 bits per heavy atom. The van der Waals surface area contributed by atoms with Gasteiger partial charge in [-0.05, 0) is 43.3 Å². The highest BCUT2D eigenvalue weighted by atomic mass is 35.5. The molecule has 4 nitrogen and oxygen atoms in total. The predicted molar refractivity (Wildman–Crippen MR) is 77.1 cm³/mol. The fourth-order valence-electron chi connectivity index (χ4n) is 1.55. The van der Waals surface area contributed by atoms with Crippen LogP contribution in [0, 0.1) is 18.3 Å². The lowest BCUT2D eigenvalue weighted by atomic mass is 10.2. The summed E-state index contributed by atoms with van der Waals surface area (Å²) in [6, 6.07) is 11.9. The van der Waals surface area contributed by atoms with Gasteiger partial charge in [-0.1, -0.05) is 11.6 Å². The van der Waals surface area contributed by atoms with Gasteiger partial charge in [-0.15, -0.1) is 0 Å². The van der Waals surface area contributed by atoms with E-state index in [9.17, 15) is 4.79 Å². The Morgan fingerprint density at radius 1 is 1.30 bits per heavy atom. The van der Waals surface area contributed by atoms with E-state index < -0.39 is 5.91 Å². The summed E-state index contributed by atoms with van der Waals surface area (Å²) >= 11 is 5.76. The van der Waals surface area contributed by atoms with Crippen LogP contribution in [-0.4, -0.2) is 5.91 Å². The Kier molecular flexibility index (Phi) is 4.24. The van der Waals surface area contributed by atoms with Crippen LogP contribution in [0.1, 0.15) is 11.5 Å². The zero-order chi connectivity index (χ0) is 14.5. The van der Waals surface area contributed by atoms with Crippen molar-refractivity contribution < 1.29 is 9.21 Å². The number of anilines is 1. The Morgan fingerprint density at radius 2 is 2.00 bits per heavy atom. The lowest BCUT2D eigenvalue weighted by molar-refractivity contribution is -0.112. The molecular formula is C15H11ClN2O2. The fourth-order valence-corrected chi connectivity index (χ4v) is 1.68. The Labute approximate surface area is 121 Å². The third-order valence-electron chi connectivity index (χ3n) is 2.51. The van der Waals surface area contributed by atoms with E-state index in [1.54, 1.807) is 43.3 Å². The molecule has 1 amide bonds. The molecule has 0 bridgehead atoms. The second kappa shape index (κ2) is 6.09. The second-order valence-corrected chi connectivity index (χ2v) is 4.52. The Bertz CT molecular complexity index is 693. The molecule has 0 saturated heterocycles. The SMILES string of the molecule is Cc1ccc(/C=C(/C#N)C(=O)Nc2ccc(Cl)cc2)o1. The van der Waals surface area contributed by atoms with Crippen molar-refractivity contribution in [3.63, 3.8) is 0 Å². The van der Waals surface area contributed by atoms with Crippen molar-refractivity contribution in [1.82, 2.24) is 0 Å². The number of carbonyl (C=O) groups excluding carboxylic acids is 1. The highest BCUT2D eigenvalue weighted by Gasteiger charge is 2.10. The van der Waals surface area contributed by atoms with Crippen LogP contribution in [0.25, 0.3) is 6.08 Å². The number of benzene rings is 1. The monoisotopic (exact) mass is 286 g/mol. The second-order valence-electron chi connectivity index (χ2n) is 4.08. The van der Waals surface area contributed by atoms with Crippen molar-refractivity contribution in [2.24, 2.45) is 0 Å². The van der Waals surface area contributed by atoms with Crippen LogP contribution >= 0.6 is 11.6 Å². The molecule has 2 rings (SSSR count). The van der Waals surface area contributed by atoms with Crippen molar-refractivity contribution in [1.29, 1.82) is 5.26 Å². The first-order chi connectivity index (χ1) is 9.58. The molecule has 0 aliphatic carbocycles. The van der Waals surface area contributed by atoms with Crippen molar-refractivity contribution in [2.75, 3.05) is 5.32 Å². The maximum Gasteiger partial charge on any atom is 0.266 e. The van der Waals surface area contributed by atoms with Gasteiger partial charge in [0.05, 0.1) is 0 Å². The molecule has 0 unspecified atom stereocenters. The lowest BCUT2D eigenvalue weighted by Crippen LogP contribution is -2.13. The van der Waals surface area contributed by atoms with E-state index in [4.69, 9.17) is 21.3 Å². The number of amides is 1. The lowest BCUT2D eigenvalue weighted by Gasteiger charge is -2.03. The van der Waals surface area contributed by atoms with Gasteiger partial charge in [-0.25, -0.2) is 0 Å². The topological polar surface area (TPSA) is 66.0 Å². The molecular weight excluding hydrogens is 276 g/mol. The molecule has 0 fully saturated rings. The third kappa shape index (κ3) is 3.50. The average molecular weight is 287 g/mol. The van der Waals surface area contributed by atoms with Gasteiger partial charge in [0.15, 0.2) is 0 Å². The van der Waals surface area contributed by atoms with Gasteiger partial charge >= 0.3 is 0 Å². The Hall–Kier alpha value is -2.51. The summed E-state index contributed by atoms with van der Waals surface area (Å²) in [6.45, 7) is 1.79. The number of nitrogens with zero attached hydrogens (tertiary/aromatic N) is 1. The predicted octanol–water partition coefficient (Wildman–Crippen LogP) is 3.79. The molecule has 1 aromatic heterocycles. The summed E-state index contributed by atoms with van der Waals surface area (Å²) in [7, 11) is 0. The van der Waals surface area contributed by atoms with Crippen LogP contribution in [0.4, 0.5) is 5.69 Å². The van der Waals surface area contributed by atoms with E-state index in [1.807, 2.05) is 6.07 Å². The van der Waals surface area contributed by atoms with E-state index in [0.29, 0.717) is 22.2 Å². The normalized spacial score (nSPS) is 10.9. The first-order valence-electron chi connectivity index (χ1n) is 5.83. The molecule has 1 heterocycles. The van der Waals surface area contributed by atoms with Crippen LogP contribution in [0.3, 0.4) is 0 Å². The zero-order valence-corrected chi connectivity index (χ0v) is 11.4. The molecule has 20 heavy (non-hydrogen) atoms. The number of aryl methyl sites for hydroxylation is 1. The molecule has 0 radical (unpaired) electrons. The summed E-state index contributed by atoms with van der Waals surface area (Å²) < 4.78 is 5.31. The van der Waals surface area contributed by atoms with Crippen LogP contribution in [0.2, 0.25) is 5.02 Å². The van der Waals surface area contributed by atoms with Gasteiger partial charge < -0.3 is 9.73 Å². The summed E-state index contributed by atoms with van der Waals surface area (Å²) in [4.78, 5) is 12.0. The van der Waals surface area contributed by atoms with Crippen molar-refractivity contribution in [2.45, 2.75) is 6.92 Å². The summed E-state index contributed by atoms with van der Waals surface area (Å²) in [5.74, 6) is 0.681. The van der Waals surface area contributed by atoms with Crippen molar-refractivity contribution >= 4 is 29.3 Å². The first kappa shape index (κ1) is 13.9. The molecule has 0 spiro atoms. The smallest absolute Gasteiger partial charge is 0.266 e. The maximum atomic E-state index is 12.0. The van der Waals surface area contributed by atoms with Crippen LogP contribution < -0.4 is 5.32 Å². The van der Waals surface area contributed by atoms with Crippen LogP contribution in [0.5, 0.6) is 0 Å². The van der Waals surface area contributed by atoms with Gasteiger partial charge in [0.25, 0.3) is 5.91 Å². The molecule has 1 N–H and O–H groups in total. The fraction of sp³-hybridized carbons (Fsp3) is 0.0667. The summed E-state index contributed by atoms with van der Waals surface area (Å²) in [5.41, 5.74) is 0.533. The molecule has 5 heteroatoms. The van der Waals surface area contributed by atoms with Crippen molar-refractivity contribution in [3.05, 3.63) is 58.5 Å².